The topological polar surface area (TPSA) is 42.4 Å². The molecular formula is C17H22N2O2S2. The van der Waals surface area contributed by atoms with E-state index < -0.39 is 0 Å². The second kappa shape index (κ2) is 8.02. The Balaban J connectivity index is 1.61. The van der Waals surface area contributed by atoms with Crippen LogP contribution in [-0.2, 0) is 4.79 Å². The van der Waals surface area contributed by atoms with Crippen LogP contribution >= 0.6 is 23.1 Å². The second-order valence-electron chi connectivity index (χ2n) is 5.63. The number of likely N-dealkylation sites (tertiary alicyclic amines) is 1. The van der Waals surface area contributed by atoms with Gasteiger partial charge in [-0.3, -0.25) is 4.79 Å². The van der Waals surface area contributed by atoms with Crippen molar-refractivity contribution >= 4 is 39.2 Å². The minimum atomic E-state index is 0.242. The number of hydrogen-bond donors (Lipinski definition) is 0. The fourth-order valence-electron chi connectivity index (χ4n) is 2.74. The predicted molar refractivity (Wildman–Crippen MR) is 96.6 cm³/mol. The fraction of sp³-hybridized carbons (Fsp3) is 0.529. The number of thioether (sulfide) groups is 1. The maximum Gasteiger partial charge on any atom is 0.233 e. The summed E-state index contributed by atoms with van der Waals surface area (Å²) >= 11 is 3.18. The molecular weight excluding hydrogens is 328 g/mol. The molecule has 1 aliphatic rings. The third-order valence-corrected chi connectivity index (χ3v) is 6.08. The average molecular weight is 351 g/mol. The first-order valence-corrected chi connectivity index (χ1v) is 10.0. The standard InChI is InChI=1S/C17H22N2O2S2/c1-2-21-13-7-8-14-15(11-13)23-17(18-14)22-12-16(20)19-9-5-3-4-6-10-19/h7-8,11H,2-6,9-10,12H2,1H3. The van der Waals surface area contributed by atoms with E-state index in [2.05, 4.69) is 4.98 Å². The molecule has 0 aliphatic carbocycles. The van der Waals surface area contributed by atoms with Crippen LogP contribution in [0.1, 0.15) is 32.6 Å². The zero-order valence-corrected chi connectivity index (χ0v) is 15.0. The van der Waals surface area contributed by atoms with Crippen LogP contribution in [0.15, 0.2) is 22.5 Å². The van der Waals surface area contributed by atoms with Gasteiger partial charge in [-0.15, -0.1) is 11.3 Å². The quantitative estimate of drug-likeness (QED) is 0.758. The van der Waals surface area contributed by atoms with Crippen LogP contribution in [0.25, 0.3) is 10.2 Å². The van der Waals surface area contributed by atoms with Crippen molar-refractivity contribution in [3.05, 3.63) is 18.2 Å². The van der Waals surface area contributed by atoms with Crippen molar-refractivity contribution in [2.24, 2.45) is 0 Å². The lowest BCUT2D eigenvalue weighted by Gasteiger charge is -2.19. The van der Waals surface area contributed by atoms with Crippen LogP contribution in [0.2, 0.25) is 0 Å². The van der Waals surface area contributed by atoms with Gasteiger partial charge in [0.2, 0.25) is 5.91 Å². The Morgan fingerprint density at radius 1 is 1.30 bits per heavy atom. The lowest BCUT2D eigenvalue weighted by atomic mass is 10.2. The molecule has 0 atom stereocenters. The van der Waals surface area contributed by atoms with E-state index in [1.807, 2.05) is 30.0 Å². The van der Waals surface area contributed by atoms with E-state index in [1.54, 1.807) is 23.1 Å². The molecule has 2 heterocycles. The highest BCUT2D eigenvalue weighted by Crippen LogP contribution is 2.32. The molecule has 1 aromatic heterocycles. The minimum Gasteiger partial charge on any atom is -0.494 e. The van der Waals surface area contributed by atoms with Gasteiger partial charge >= 0.3 is 0 Å². The van der Waals surface area contributed by atoms with Crippen LogP contribution in [0.5, 0.6) is 5.75 Å². The number of amides is 1. The van der Waals surface area contributed by atoms with E-state index >= 15 is 0 Å². The Hall–Kier alpha value is -1.27. The number of nitrogens with zero attached hydrogens (tertiary/aromatic N) is 2. The predicted octanol–water partition coefficient (Wildman–Crippen LogP) is 4.19. The Bertz CT molecular complexity index is 664. The van der Waals surface area contributed by atoms with Gasteiger partial charge in [0.1, 0.15) is 5.75 Å². The maximum atomic E-state index is 12.3. The lowest BCUT2D eigenvalue weighted by Crippen LogP contribution is -2.33. The van der Waals surface area contributed by atoms with Crippen molar-refractivity contribution < 1.29 is 9.53 Å². The van der Waals surface area contributed by atoms with Crippen molar-refractivity contribution in [2.75, 3.05) is 25.4 Å². The summed E-state index contributed by atoms with van der Waals surface area (Å²) in [5.41, 5.74) is 0.975. The number of hydrogen-bond acceptors (Lipinski definition) is 5. The second-order valence-corrected chi connectivity index (χ2v) is 7.88. The van der Waals surface area contributed by atoms with Crippen LogP contribution in [0, 0.1) is 0 Å². The van der Waals surface area contributed by atoms with Crippen molar-refractivity contribution in [2.45, 2.75) is 36.9 Å². The van der Waals surface area contributed by atoms with E-state index in [-0.39, 0.29) is 5.91 Å². The van der Waals surface area contributed by atoms with Crippen molar-refractivity contribution in [3.8, 4) is 5.75 Å². The van der Waals surface area contributed by atoms with E-state index in [9.17, 15) is 4.79 Å². The van der Waals surface area contributed by atoms with E-state index in [0.29, 0.717) is 12.4 Å². The van der Waals surface area contributed by atoms with Crippen LogP contribution in [0.4, 0.5) is 0 Å². The first-order valence-electron chi connectivity index (χ1n) is 8.20. The molecule has 1 amide bonds. The highest BCUT2D eigenvalue weighted by molar-refractivity contribution is 8.01. The molecule has 0 bridgehead atoms. The van der Waals surface area contributed by atoms with Gasteiger partial charge in [0.25, 0.3) is 0 Å². The Morgan fingerprint density at radius 2 is 2.09 bits per heavy atom. The smallest absolute Gasteiger partial charge is 0.233 e. The van der Waals surface area contributed by atoms with Gasteiger partial charge in [-0.2, -0.15) is 0 Å². The first-order chi connectivity index (χ1) is 11.3. The summed E-state index contributed by atoms with van der Waals surface area (Å²) in [5.74, 6) is 1.60. The molecule has 1 aromatic carbocycles. The normalized spacial score (nSPS) is 15.6. The molecule has 4 nitrogen and oxygen atoms in total. The van der Waals surface area contributed by atoms with Gasteiger partial charge in [0, 0.05) is 13.1 Å². The van der Waals surface area contributed by atoms with Gasteiger partial charge in [-0.05, 0) is 38.0 Å². The van der Waals surface area contributed by atoms with Gasteiger partial charge in [-0.25, -0.2) is 4.98 Å². The summed E-state index contributed by atoms with van der Waals surface area (Å²) < 4.78 is 7.59. The molecule has 1 aliphatic heterocycles. The summed E-state index contributed by atoms with van der Waals surface area (Å²) in [7, 11) is 0. The number of benzene rings is 1. The Kier molecular flexibility index (Phi) is 5.78. The zero-order valence-electron chi connectivity index (χ0n) is 13.4. The number of ether oxygens (including phenoxy) is 1. The average Bonchev–Trinajstić information content (AvgIpc) is 2.77. The molecule has 0 unspecified atom stereocenters. The van der Waals surface area contributed by atoms with E-state index in [1.165, 1.54) is 12.8 Å². The molecule has 2 aromatic rings. The number of rotatable bonds is 5. The van der Waals surface area contributed by atoms with Gasteiger partial charge in [-0.1, -0.05) is 24.6 Å². The van der Waals surface area contributed by atoms with Gasteiger partial charge in [0.05, 0.1) is 22.6 Å². The monoisotopic (exact) mass is 350 g/mol. The molecule has 124 valence electrons. The zero-order chi connectivity index (χ0) is 16.1. The fourth-order valence-corrected chi connectivity index (χ4v) is 4.74. The highest BCUT2D eigenvalue weighted by Gasteiger charge is 2.16. The van der Waals surface area contributed by atoms with E-state index in [4.69, 9.17) is 4.74 Å². The molecule has 0 saturated carbocycles. The third kappa shape index (κ3) is 4.38. The summed E-state index contributed by atoms with van der Waals surface area (Å²) in [5, 5.41) is 0. The van der Waals surface area contributed by atoms with Crippen molar-refractivity contribution in [1.82, 2.24) is 9.88 Å². The first kappa shape index (κ1) is 16.6. The summed E-state index contributed by atoms with van der Waals surface area (Å²) in [6, 6.07) is 5.96. The summed E-state index contributed by atoms with van der Waals surface area (Å²) in [6.07, 6.45) is 4.77. The van der Waals surface area contributed by atoms with Crippen LogP contribution in [0.3, 0.4) is 0 Å². The Labute approximate surface area is 145 Å². The summed E-state index contributed by atoms with van der Waals surface area (Å²) in [6.45, 7) is 4.47. The van der Waals surface area contributed by atoms with Crippen LogP contribution in [-0.4, -0.2) is 41.2 Å². The highest BCUT2D eigenvalue weighted by atomic mass is 32.2. The molecule has 6 heteroatoms. The van der Waals surface area contributed by atoms with Crippen molar-refractivity contribution in [3.63, 3.8) is 0 Å². The van der Waals surface area contributed by atoms with E-state index in [0.717, 1.165) is 46.2 Å². The molecule has 1 saturated heterocycles. The number of thiazole rings is 1. The molecule has 0 N–H and O–H groups in total. The third-order valence-electron chi connectivity index (χ3n) is 3.93. The number of fused-ring (bicyclic) bond motifs is 1. The number of aromatic nitrogens is 1. The van der Waals surface area contributed by atoms with Gasteiger partial charge < -0.3 is 9.64 Å². The SMILES string of the molecule is CCOc1ccc2nc(SCC(=O)N3CCCCCC3)sc2c1. The minimum absolute atomic E-state index is 0.242. The van der Waals surface area contributed by atoms with Crippen molar-refractivity contribution in [1.29, 1.82) is 0 Å². The lowest BCUT2D eigenvalue weighted by molar-refractivity contribution is -0.128. The number of carbonyl (C=O) groups excluding carboxylic acids is 1. The molecule has 23 heavy (non-hydrogen) atoms. The molecule has 3 rings (SSSR count). The Morgan fingerprint density at radius 3 is 2.83 bits per heavy atom. The maximum absolute atomic E-state index is 12.3. The van der Waals surface area contributed by atoms with Crippen LogP contribution < -0.4 is 4.74 Å². The summed E-state index contributed by atoms with van der Waals surface area (Å²) in [4.78, 5) is 19.0. The molecule has 1 fully saturated rings. The molecule has 0 radical (unpaired) electrons. The number of carbonyl (C=O) groups is 1. The molecule has 0 spiro atoms. The largest absolute Gasteiger partial charge is 0.494 e. The van der Waals surface area contributed by atoms with Gasteiger partial charge in [0.15, 0.2) is 4.34 Å².